The largest absolute Gasteiger partial charge is 0.294 e. The van der Waals surface area contributed by atoms with E-state index in [-0.39, 0.29) is 17.6 Å². The minimum Gasteiger partial charge on any atom is -0.294 e. The van der Waals surface area contributed by atoms with Crippen LogP contribution in [0.25, 0.3) is 0 Å². The maximum absolute atomic E-state index is 13.2. The number of carbonyl (C=O) groups is 2. The van der Waals surface area contributed by atoms with E-state index in [2.05, 4.69) is 6.07 Å². The predicted molar refractivity (Wildman–Crippen MR) is 108 cm³/mol. The maximum atomic E-state index is 13.2. The van der Waals surface area contributed by atoms with E-state index in [1.54, 1.807) is 4.90 Å². The first-order valence-corrected chi connectivity index (χ1v) is 9.75. The van der Waals surface area contributed by atoms with Crippen molar-refractivity contribution in [1.82, 2.24) is 0 Å². The number of aryl methyl sites for hydroxylation is 2. The molecule has 2 aromatic rings. The van der Waals surface area contributed by atoms with Gasteiger partial charge < -0.3 is 0 Å². The average molecular weight is 380 g/mol. The number of allylic oxidation sites excluding steroid dienone is 2. The molecule has 4 rings (SSSR count). The number of halogens is 1. The van der Waals surface area contributed by atoms with Crippen molar-refractivity contribution in [3.8, 4) is 0 Å². The summed E-state index contributed by atoms with van der Waals surface area (Å²) in [7, 11) is 0. The predicted octanol–water partition coefficient (Wildman–Crippen LogP) is 5.48. The quantitative estimate of drug-likeness (QED) is 0.692. The number of carbonyl (C=O) groups excluding carboxylic acids is 2. The number of hydrogen-bond acceptors (Lipinski definition) is 2. The van der Waals surface area contributed by atoms with E-state index in [0.717, 1.165) is 46.5 Å². The molecule has 1 aliphatic carbocycles. The summed E-state index contributed by atoms with van der Waals surface area (Å²) >= 11 is 6.31. The van der Waals surface area contributed by atoms with Crippen molar-refractivity contribution in [2.75, 3.05) is 4.90 Å². The highest BCUT2D eigenvalue weighted by Crippen LogP contribution is 2.43. The Morgan fingerprint density at radius 2 is 1.85 bits per heavy atom. The van der Waals surface area contributed by atoms with Crippen LogP contribution in [0.3, 0.4) is 0 Å². The lowest BCUT2D eigenvalue weighted by Crippen LogP contribution is -2.40. The van der Waals surface area contributed by atoms with Gasteiger partial charge in [0, 0.05) is 35.1 Å². The van der Waals surface area contributed by atoms with Crippen molar-refractivity contribution >= 4 is 29.0 Å². The van der Waals surface area contributed by atoms with Gasteiger partial charge >= 0.3 is 0 Å². The monoisotopic (exact) mass is 379 g/mol. The first-order valence-electron chi connectivity index (χ1n) is 9.37. The Kier molecular flexibility index (Phi) is 4.65. The lowest BCUT2D eigenvalue weighted by Gasteiger charge is -2.38. The Morgan fingerprint density at radius 1 is 1.04 bits per heavy atom. The van der Waals surface area contributed by atoms with Crippen molar-refractivity contribution in [3.05, 3.63) is 75.4 Å². The summed E-state index contributed by atoms with van der Waals surface area (Å²) in [6.45, 7) is 3.97. The van der Waals surface area contributed by atoms with E-state index < -0.39 is 0 Å². The second kappa shape index (κ2) is 6.97. The molecule has 3 nitrogen and oxygen atoms in total. The number of Topliss-reactive ketones (excluding diaryl/α,β-unsaturated/α-hetero) is 1. The standard InChI is InChI=1S/C23H22ClNO2/c1-14-5-3-6-16(11-14)18-13-22(27)25(17-10-9-15(2)19(24)12-17)20-7-4-8-21(26)23(18)20/h3,5-6,9-12,18H,4,7-8,13H2,1-2H3. The van der Waals surface area contributed by atoms with Crippen LogP contribution in [0.15, 0.2) is 53.7 Å². The van der Waals surface area contributed by atoms with Crippen molar-refractivity contribution in [2.24, 2.45) is 0 Å². The number of nitrogens with zero attached hydrogens (tertiary/aromatic N) is 1. The summed E-state index contributed by atoms with van der Waals surface area (Å²) in [5.74, 6) is 0.0331. The van der Waals surface area contributed by atoms with Crippen LogP contribution in [-0.2, 0) is 9.59 Å². The van der Waals surface area contributed by atoms with Crippen LogP contribution < -0.4 is 4.90 Å². The third-order valence-electron chi connectivity index (χ3n) is 5.53. The SMILES string of the molecule is Cc1cccc(C2CC(=O)N(c3ccc(C)c(Cl)c3)C3=C2C(=O)CCC3)c1. The molecule has 4 heteroatoms. The Bertz CT molecular complexity index is 976. The maximum Gasteiger partial charge on any atom is 0.232 e. The number of rotatable bonds is 2. The first-order chi connectivity index (χ1) is 13.0. The molecule has 2 aliphatic rings. The Balaban J connectivity index is 1.87. The van der Waals surface area contributed by atoms with Crippen LogP contribution in [0.2, 0.25) is 5.02 Å². The summed E-state index contributed by atoms with van der Waals surface area (Å²) in [4.78, 5) is 27.8. The molecule has 1 heterocycles. The van der Waals surface area contributed by atoms with Gasteiger partial charge in [-0.05, 0) is 49.9 Å². The molecule has 0 aromatic heterocycles. The van der Waals surface area contributed by atoms with Crippen LogP contribution in [0.4, 0.5) is 5.69 Å². The number of amides is 1. The topological polar surface area (TPSA) is 37.4 Å². The van der Waals surface area contributed by atoms with Gasteiger partial charge in [-0.2, -0.15) is 0 Å². The molecule has 0 N–H and O–H groups in total. The van der Waals surface area contributed by atoms with Crippen LogP contribution in [0.1, 0.15) is 48.3 Å². The molecule has 1 atom stereocenters. The van der Waals surface area contributed by atoms with Gasteiger partial charge in [-0.25, -0.2) is 0 Å². The van der Waals surface area contributed by atoms with Gasteiger partial charge in [-0.3, -0.25) is 14.5 Å². The summed E-state index contributed by atoms with van der Waals surface area (Å²) in [6, 6.07) is 13.8. The molecule has 1 aliphatic heterocycles. The Labute approximate surface area is 164 Å². The Hall–Kier alpha value is -2.39. The zero-order chi connectivity index (χ0) is 19.1. The van der Waals surface area contributed by atoms with Gasteiger partial charge in [0.2, 0.25) is 5.91 Å². The second-order valence-electron chi connectivity index (χ2n) is 7.47. The van der Waals surface area contributed by atoms with Crippen molar-refractivity contribution < 1.29 is 9.59 Å². The lowest BCUT2D eigenvalue weighted by atomic mass is 9.77. The van der Waals surface area contributed by atoms with Crippen LogP contribution in [0, 0.1) is 13.8 Å². The molecule has 27 heavy (non-hydrogen) atoms. The fraction of sp³-hybridized carbons (Fsp3) is 0.304. The number of anilines is 1. The van der Waals surface area contributed by atoms with E-state index in [4.69, 9.17) is 11.6 Å². The molecular formula is C23H22ClNO2. The van der Waals surface area contributed by atoms with Gasteiger partial charge in [0.25, 0.3) is 0 Å². The summed E-state index contributed by atoms with van der Waals surface area (Å²) in [5.41, 5.74) is 5.57. The molecule has 0 saturated carbocycles. The summed E-state index contributed by atoms with van der Waals surface area (Å²) in [6.07, 6.45) is 2.37. The van der Waals surface area contributed by atoms with Crippen LogP contribution >= 0.6 is 11.6 Å². The molecular weight excluding hydrogens is 358 g/mol. The molecule has 1 unspecified atom stereocenters. The smallest absolute Gasteiger partial charge is 0.232 e. The third-order valence-corrected chi connectivity index (χ3v) is 5.94. The third kappa shape index (κ3) is 3.21. The van der Waals surface area contributed by atoms with E-state index in [1.165, 1.54) is 0 Å². The summed E-state index contributed by atoms with van der Waals surface area (Å²) in [5, 5.41) is 0.630. The van der Waals surface area contributed by atoms with Crippen molar-refractivity contribution in [2.45, 2.75) is 45.4 Å². The fourth-order valence-electron chi connectivity index (χ4n) is 4.18. The fourth-order valence-corrected chi connectivity index (χ4v) is 4.36. The van der Waals surface area contributed by atoms with Crippen LogP contribution in [-0.4, -0.2) is 11.7 Å². The molecule has 0 spiro atoms. The highest BCUT2D eigenvalue weighted by Gasteiger charge is 2.39. The number of ketones is 1. The van der Waals surface area contributed by atoms with E-state index >= 15 is 0 Å². The van der Waals surface area contributed by atoms with Gasteiger partial charge in [-0.15, -0.1) is 0 Å². The highest BCUT2D eigenvalue weighted by molar-refractivity contribution is 6.31. The molecule has 0 radical (unpaired) electrons. The molecule has 0 bridgehead atoms. The summed E-state index contributed by atoms with van der Waals surface area (Å²) < 4.78 is 0. The van der Waals surface area contributed by atoms with Gasteiger partial charge in [0.05, 0.1) is 5.69 Å². The van der Waals surface area contributed by atoms with E-state index in [9.17, 15) is 9.59 Å². The molecule has 1 amide bonds. The number of benzene rings is 2. The minimum atomic E-state index is -0.155. The van der Waals surface area contributed by atoms with E-state index in [0.29, 0.717) is 17.9 Å². The zero-order valence-corrected chi connectivity index (χ0v) is 16.3. The van der Waals surface area contributed by atoms with Gasteiger partial charge in [0.15, 0.2) is 5.78 Å². The molecule has 2 aromatic carbocycles. The van der Waals surface area contributed by atoms with Crippen LogP contribution in [0.5, 0.6) is 0 Å². The highest BCUT2D eigenvalue weighted by atomic mass is 35.5. The molecule has 0 saturated heterocycles. The molecule has 0 fully saturated rings. The van der Waals surface area contributed by atoms with E-state index in [1.807, 2.05) is 50.2 Å². The van der Waals surface area contributed by atoms with Crippen molar-refractivity contribution in [1.29, 1.82) is 0 Å². The second-order valence-corrected chi connectivity index (χ2v) is 7.88. The zero-order valence-electron chi connectivity index (χ0n) is 15.6. The average Bonchev–Trinajstić information content (AvgIpc) is 2.64. The van der Waals surface area contributed by atoms with Gasteiger partial charge in [-0.1, -0.05) is 47.5 Å². The molecule has 138 valence electrons. The van der Waals surface area contributed by atoms with Crippen molar-refractivity contribution in [3.63, 3.8) is 0 Å². The first kappa shape index (κ1) is 18.0. The normalized spacial score (nSPS) is 20.1. The minimum absolute atomic E-state index is 0.0230. The lowest BCUT2D eigenvalue weighted by molar-refractivity contribution is -0.119. The number of hydrogen-bond donors (Lipinski definition) is 0. The van der Waals surface area contributed by atoms with Gasteiger partial charge in [0.1, 0.15) is 0 Å². The Morgan fingerprint density at radius 3 is 2.59 bits per heavy atom.